The molecule has 0 aliphatic carbocycles. The van der Waals surface area contributed by atoms with E-state index < -0.39 is 0 Å². The van der Waals surface area contributed by atoms with E-state index in [-0.39, 0.29) is 5.91 Å². The van der Waals surface area contributed by atoms with E-state index in [9.17, 15) is 4.79 Å². The van der Waals surface area contributed by atoms with Crippen molar-refractivity contribution < 1.29 is 4.79 Å². The summed E-state index contributed by atoms with van der Waals surface area (Å²) in [6, 6.07) is 8.10. The minimum Gasteiger partial charge on any atom is -0.325 e. The average Bonchev–Trinajstić information content (AvgIpc) is 3.02. The van der Waals surface area contributed by atoms with Crippen molar-refractivity contribution in [3.63, 3.8) is 0 Å². The zero-order valence-electron chi connectivity index (χ0n) is 15.2. The predicted molar refractivity (Wildman–Crippen MR) is 101 cm³/mol. The molecule has 0 radical (unpaired) electrons. The molecule has 0 unspecified atom stereocenters. The fourth-order valence-electron chi connectivity index (χ4n) is 3.06. The van der Waals surface area contributed by atoms with E-state index in [0.717, 1.165) is 25.2 Å². The van der Waals surface area contributed by atoms with E-state index in [0.29, 0.717) is 12.5 Å². The highest BCUT2D eigenvalue weighted by molar-refractivity contribution is 5.92. The molecule has 1 aliphatic heterocycles. The fourth-order valence-corrected chi connectivity index (χ4v) is 3.06. The highest BCUT2D eigenvalue weighted by atomic mass is 16.2. The molecule has 0 bridgehead atoms. The molecular weight excluding hydrogens is 312 g/mol. The van der Waals surface area contributed by atoms with Crippen molar-refractivity contribution >= 4 is 17.2 Å². The summed E-state index contributed by atoms with van der Waals surface area (Å²) in [7, 11) is 1.93. The van der Waals surface area contributed by atoms with E-state index in [2.05, 4.69) is 47.4 Å². The first-order chi connectivity index (χ1) is 12.0. The first-order valence-electron chi connectivity index (χ1n) is 8.81. The average molecular weight is 338 g/mol. The van der Waals surface area contributed by atoms with Gasteiger partial charge in [0.1, 0.15) is 0 Å². The molecule has 1 amide bonds. The van der Waals surface area contributed by atoms with Crippen molar-refractivity contribution in [1.82, 2.24) is 14.7 Å². The molecule has 1 aliphatic rings. The van der Waals surface area contributed by atoms with Crippen LogP contribution in [0.1, 0.15) is 37.3 Å². The summed E-state index contributed by atoms with van der Waals surface area (Å²) >= 11 is 0. The van der Waals surface area contributed by atoms with Crippen molar-refractivity contribution in [2.75, 3.05) is 25.0 Å². The lowest BCUT2D eigenvalue weighted by Gasteiger charge is -2.25. The lowest BCUT2D eigenvalue weighted by atomic mass is 10.0. The van der Waals surface area contributed by atoms with Crippen LogP contribution in [0.25, 0.3) is 5.57 Å². The third-order valence-corrected chi connectivity index (χ3v) is 4.60. The van der Waals surface area contributed by atoms with Crippen LogP contribution < -0.4 is 5.32 Å². The Morgan fingerprint density at radius 2 is 2.04 bits per heavy atom. The third kappa shape index (κ3) is 4.57. The van der Waals surface area contributed by atoms with Crippen molar-refractivity contribution in [1.29, 1.82) is 0 Å². The molecule has 0 atom stereocenters. The van der Waals surface area contributed by atoms with Gasteiger partial charge in [0.05, 0.1) is 12.7 Å². The van der Waals surface area contributed by atoms with Crippen LogP contribution in [0.2, 0.25) is 0 Å². The van der Waals surface area contributed by atoms with Crippen LogP contribution in [0.15, 0.2) is 42.7 Å². The summed E-state index contributed by atoms with van der Waals surface area (Å²) in [6.07, 6.45) is 7.08. The predicted octanol–water partition coefficient (Wildman–Crippen LogP) is 3.27. The highest BCUT2D eigenvalue weighted by Crippen LogP contribution is 2.21. The van der Waals surface area contributed by atoms with Gasteiger partial charge < -0.3 is 5.32 Å². The molecule has 1 aromatic carbocycles. The minimum atomic E-state index is 0.0375. The molecule has 5 nitrogen and oxygen atoms in total. The lowest BCUT2D eigenvalue weighted by molar-refractivity contribution is -0.117. The monoisotopic (exact) mass is 338 g/mol. The Morgan fingerprint density at radius 3 is 2.60 bits per heavy atom. The van der Waals surface area contributed by atoms with Gasteiger partial charge in [-0.1, -0.05) is 32.1 Å². The molecule has 0 spiro atoms. The van der Waals surface area contributed by atoms with Crippen LogP contribution >= 0.6 is 0 Å². The van der Waals surface area contributed by atoms with E-state index in [1.54, 1.807) is 0 Å². The van der Waals surface area contributed by atoms with Crippen molar-refractivity contribution in [3.8, 4) is 0 Å². The molecule has 132 valence electrons. The Kier molecular flexibility index (Phi) is 5.34. The molecule has 2 heterocycles. The molecule has 3 rings (SSSR count). The summed E-state index contributed by atoms with van der Waals surface area (Å²) in [5.74, 6) is 0.537. The first-order valence-corrected chi connectivity index (χ1v) is 8.81. The number of nitrogens with one attached hydrogen (secondary N) is 1. The van der Waals surface area contributed by atoms with Crippen molar-refractivity contribution in [3.05, 3.63) is 53.9 Å². The number of carbonyl (C=O) groups excluding carboxylic acids is 1. The second kappa shape index (κ2) is 7.66. The number of carbonyl (C=O) groups is 1. The number of benzene rings is 1. The second-order valence-corrected chi connectivity index (χ2v) is 6.94. The van der Waals surface area contributed by atoms with Crippen molar-refractivity contribution in [2.45, 2.75) is 26.2 Å². The molecule has 2 aromatic rings. The minimum absolute atomic E-state index is 0.0375. The van der Waals surface area contributed by atoms with Crippen LogP contribution in [-0.4, -0.2) is 40.2 Å². The number of nitrogens with zero attached hydrogens (tertiary/aromatic N) is 3. The maximum Gasteiger partial charge on any atom is 0.238 e. The van der Waals surface area contributed by atoms with Gasteiger partial charge in [0, 0.05) is 37.6 Å². The van der Waals surface area contributed by atoms with Gasteiger partial charge >= 0.3 is 0 Å². The van der Waals surface area contributed by atoms with Gasteiger partial charge in [0.15, 0.2) is 0 Å². The maximum absolute atomic E-state index is 12.3. The quantitative estimate of drug-likeness (QED) is 0.910. The maximum atomic E-state index is 12.3. The Morgan fingerprint density at radius 1 is 1.28 bits per heavy atom. The van der Waals surface area contributed by atoms with Crippen LogP contribution in [0.5, 0.6) is 0 Å². The van der Waals surface area contributed by atoms with Crippen LogP contribution in [0, 0.1) is 0 Å². The van der Waals surface area contributed by atoms with Crippen LogP contribution in [-0.2, 0) is 11.8 Å². The molecule has 1 N–H and O–H groups in total. The van der Waals surface area contributed by atoms with Gasteiger partial charge in [-0.25, -0.2) is 0 Å². The van der Waals surface area contributed by atoms with Gasteiger partial charge in [0.2, 0.25) is 5.91 Å². The SMILES string of the molecule is CC(C)c1ccc(NC(=O)CN2CC=C(c3cnn(C)c3)CC2)cc1. The number of amides is 1. The van der Waals surface area contributed by atoms with Crippen LogP contribution in [0.3, 0.4) is 0 Å². The van der Waals surface area contributed by atoms with Gasteiger partial charge in [-0.05, 0) is 35.6 Å². The Labute approximate surface area is 149 Å². The third-order valence-electron chi connectivity index (χ3n) is 4.60. The van der Waals surface area contributed by atoms with Gasteiger partial charge in [-0.2, -0.15) is 5.10 Å². The largest absolute Gasteiger partial charge is 0.325 e. The van der Waals surface area contributed by atoms with Crippen molar-refractivity contribution in [2.24, 2.45) is 7.05 Å². The summed E-state index contributed by atoms with van der Waals surface area (Å²) in [6.45, 7) is 6.43. The summed E-state index contributed by atoms with van der Waals surface area (Å²) in [5, 5.41) is 7.21. The van der Waals surface area contributed by atoms with Gasteiger partial charge in [-0.15, -0.1) is 0 Å². The smallest absolute Gasteiger partial charge is 0.238 e. The molecule has 0 fully saturated rings. The van der Waals surface area contributed by atoms with E-state index in [1.165, 1.54) is 16.7 Å². The van der Waals surface area contributed by atoms with Crippen LogP contribution in [0.4, 0.5) is 5.69 Å². The number of hydrogen-bond donors (Lipinski definition) is 1. The molecule has 25 heavy (non-hydrogen) atoms. The lowest BCUT2D eigenvalue weighted by Crippen LogP contribution is -2.36. The number of hydrogen-bond acceptors (Lipinski definition) is 3. The highest BCUT2D eigenvalue weighted by Gasteiger charge is 2.16. The number of anilines is 1. The first kappa shape index (κ1) is 17.4. The van der Waals surface area contributed by atoms with E-state index in [1.807, 2.05) is 36.3 Å². The summed E-state index contributed by atoms with van der Waals surface area (Å²) in [4.78, 5) is 14.4. The number of aromatic nitrogens is 2. The normalized spacial score (nSPS) is 15.3. The zero-order chi connectivity index (χ0) is 17.8. The molecular formula is C20H26N4O. The molecule has 0 saturated heterocycles. The zero-order valence-corrected chi connectivity index (χ0v) is 15.2. The second-order valence-electron chi connectivity index (χ2n) is 6.94. The fraction of sp³-hybridized carbons (Fsp3) is 0.400. The number of aryl methyl sites for hydroxylation is 1. The topological polar surface area (TPSA) is 50.2 Å². The van der Waals surface area contributed by atoms with E-state index >= 15 is 0 Å². The standard InChI is InChI=1S/C20H26N4O/c1-15(2)16-4-6-19(7-5-16)22-20(25)14-24-10-8-17(9-11-24)18-12-21-23(3)13-18/h4-8,12-13,15H,9-11,14H2,1-3H3,(H,22,25). The summed E-state index contributed by atoms with van der Waals surface area (Å²) < 4.78 is 1.82. The Balaban J connectivity index is 1.51. The number of rotatable bonds is 5. The van der Waals surface area contributed by atoms with Gasteiger partial charge in [0.25, 0.3) is 0 Å². The molecule has 1 aromatic heterocycles. The van der Waals surface area contributed by atoms with Gasteiger partial charge in [-0.3, -0.25) is 14.4 Å². The van der Waals surface area contributed by atoms with E-state index in [4.69, 9.17) is 0 Å². The Bertz CT molecular complexity index is 758. The molecule has 0 saturated carbocycles. The Hall–Kier alpha value is -2.40. The molecule has 5 heteroatoms. The summed E-state index contributed by atoms with van der Waals surface area (Å²) in [5.41, 5.74) is 4.63.